The molecule has 1 heterocycles. The maximum Gasteiger partial charge on any atom is 0.0453 e. The van der Waals surface area contributed by atoms with Crippen molar-refractivity contribution in [1.29, 1.82) is 0 Å². The number of halogens is 1. The van der Waals surface area contributed by atoms with Crippen LogP contribution in [0.5, 0.6) is 0 Å². The van der Waals surface area contributed by atoms with E-state index in [0.29, 0.717) is 12.1 Å². The Morgan fingerprint density at radius 2 is 2.06 bits per heavy atom. The van der Waals surface area contributed by atoms with Gasteiger partial charge >= 0.3 is 0 Å². The summed E-state index contributed by atoms with van der Waals surface area (Å²) in [5, 5.41) is 4.35. The molecule has 2 atom stereocenters. The van der Waals surface area contributed by atoms with Crippen molar-refractivity contribution in [1.82, 2.24) is 10.2 Å². The van der Waals surface area contributed by atoms with Gasteiger partial charge in [0.05, 0.1) is 0 Å². The first-order chi connectivity index (χ1) is 8.70. The fourth-order valence-corrected chi connectivity index (χ4v) is 3.05. The zero-order valence-corrected chi connectivity index (χ0v) is 12.1. The van der Waals surface area contributed by atoms with E-state index in [0.717, 1.165) is 18.1 Å². The van der Waals surface area contributed by atoms with Gasteiger partial charge in [-0.05, 0) is 58.0 Å². The number of hydrogen-bond donors (Lipinski definition) is 1. The second kappa shape index (κ2) is 6.55. The fraction of sp³-hybridized carbons (Fsp3) is 0.600. The van der Waals surface area contributed by atoms with Crippen LogP contribution >= 0.6 is 11.6 Å². The molecule has 0 saturated carbocycles. The van der Waals surface area contributed by atoms with Crippen molar-refractivity contribution >= 4 is 11.6 Å². The summed E-state index contributed by atoms with van der Waals surface area (Å²) in [5.41, 5.74) is 1.24. The predicted molar refractivity (Wildman–Crippen MR) is 78.1 cm³/mol. The Morgan fingerprint density at radius 3 is 2.83 bits per heavy atom. The molecular weight excluding hydrogens is 244 g/mol. The van der Waals surface area contributed by atoms with E-state index >= 15 is 0 Å². The summed E-state index contributed by atoms with van der Waals surface area (Å²) in [4.78, 5) is 2.48. The Kier molecular flexibility index (Phi) is 5.04. The van der Waals surface area contributed by atoms with Crippen LogP contribution in [0.4, 0.5) is 0 Å². The average molecular weight is 267 g/mol. The largest absolute Gasteiger partial charge is 0.317 e. The second-order valence-corrected chi connectivity index (χ2v) is 5.60. The van der Waals surface area contributed by atoms with E-state index in [1.54, 1.807) is 0 Å². The van der Waals surface area contributed by atoms with E-state index in [9.17, 15) is 0 Å². The van der Waals surface area contributed by atoms with Crippen molar-refractivity contribution in [3.05, 3.63) is 34.9 Å². The lowest BCUT2D eigenvalue weighted by Gasteiger charge is -2.33. The van der Waals surface area contributed by atoms with Gasteiger partial charge in [-0.1, -0.05) is 29.8 Å². The SMILES string of the molecule is CC(c1ccccc1Cl)N(C)C1CCCNCC1. The summed E-state index contributed by atoms with van der Waals surface area (Å²) in [6.45, 7) is 4.54. The molecule has 1 aliphatic heterocycles. The first-order valence-electron chi connectivity index (χ1n) is 6.87. The number of hydrogen-bond acceptors (Lipinski definition) is 2. The zero-order valence-electron chi connectivity index (χ0n) is 11.3. The van der Waals surface area contributed by atoms with Crippen molar-refractivity contribution in [2.75, 3.05) is 20.1 Å². The summed E-state index contributed by atoms with van der Waals surface area (Å²) in [7, 11) is 2.23. The van der Waals surface area contributed by atoms with Crippen LogP contribution < -0.4 is 5.32 Å². The molecule has 1 N–H and O–H groups in total. The van der Waals surface area contributed by atoms with Crippen LogP contribution in [-0.4, -0.2) is 31.1 Å². The van der Waals surface area contributed by atoms with Crippen molar-refractivity contribution in [2.24, 2.45) is 0 Å². The monoisotopic (exact) mass is 266 g/mol. The molecule has 1 aromatic rings. The van der Waals surface area contributed by atoms with E-state index in [-0.39, 0.29) is 0 Å². The molecule has 0 aliphatic carbocycles. The summed E-state index contributed by atoms with van der Waals surface area (Å²) >= 11 is 6.30. The molecule has 0 aromatic heterocycles. The highest BCUT2D eigenvalue weighted by molar-refractivity contribution is 6.31. The molecule has 1 aliphatic rings. The predicted octanol–water partition coefficient (Wildman–Crippen LogP) is 3.47. The molecule has 0 bridgehead atoms. The third-order valence-electron chi connectivity index (χ3n) is 4.09. The van der Waals surface area contributed by atoms with Crippen LogP contribution in [0.15, 0.2) is 24.3 Å². The molecular formula is C15H23ClN2. The maximum atomic E-state index is 6.30. The van der Waals surface area contributed by atoms with Gasteiger partial charge in [0.25, 0.3) is 0 Å². The molecule has 3 heteroatoms. The summed E-state index contributed by atoms with van der Waals surface area (Å²) < 4.78 is 0. The highest BCUT2D eigenvalue weighted by Gasteiger charge is 2.22. The van der Waals surface area contributed by atoms with Crippen molar-refractivity contribution in [3.8, 4) is 0 Å². The standard InChI is InChI=1S/C15H23ClN2/c1-12(14-7-3-4-8-15(14)16)18(2)13-6-5-10-17-11-9-13/h3-4,7-8,12-13,17H,5-6,9-11H2,1-2H3. The van der Waals surface area contributed by atoms with Crippen molar-refractivity contribution in [2.45, 2.75) is 38.3 Å². The Balaban J connectivity index is 2.07. The average Bonchev–Trinajstić information content (AvgIpc) is 2.66. The van der Waals surface area contributed by atoms with Gasteiger partial charge in [0.2, 0.25) is 0 Å². The number of benzene rings is 1. The summed E-state index contributed by atoms with van der Waals surface area (Å²) in [6, 6.07) is 9.22. The molecule has 1 aromatic carbocycles. The molecule has 2 unspecified atom stereocenters. The highest BCUT2D eigenvalue weighted by atomic mass is 35.5. The van der Waals surface area contributed by atoms with Gasteiger partial charge in [-0.3, -0.25) is 4.90 Å². The lowest BCUT2D eigenvalue weighted by Crippen LogP contribution is -2.34. The second-order valence-electron chi connectivity index (χ2n) is 5.20. The van der Waals surface area contributed by atoms with E-state index in [1.807, 2.05) is 12.1 Å². The van der Waals surface area contributed by atoms with E-state index < -0.39 is 0 Å². The van der Waals surface area contributed by atoms with Crippen LogP contribution in [0.25, 0.3) is 0 Å². The quantitative estimate of drug-likeness (QED) is 0.901. The molecule has 18 heavy (non-hydrogen) atoms. The summed E-state index contributed by atoms with van der Waals surface area (Å²) in [6.07, 6.45) is 3.77. The minimum atomic E-state index is 0.377. The summed E-state index contributed by atoms with van der Waals surface area (Å²) in [5.74, 6) is 0. The third kappa shape index (κ3) is 3.25. The Hall–Kier alpha value is -0.570. The smallest absolute Gasteiger partial charge is 0.0453 e. The van der Waals surface area contributed by atoms with Crippen LogP contribution in [0.1, 0.15) is 37.8 Å². The van der Waals surface area contributed by atoms with Gasteiger partial charge in [-0.25, -0.2) is 0 Å². The Labute approximate surface area is 115 Å². The van der Waals surface area contributed by atoms with Crippen molar-refractivity contribution < 1.29 is 0 Å². The first kappa shape index (κ1) is 13.9. The molecule has 1 saturated heterocycles. The van der Waals surface area contributed by atoms with E-state index in [4.69, 9.17) is 11.6 Å². The molecule has 100 valence electrons. The number of rotatable bonds is 3. The van der Waals surface area contributed by atoms with Crippen LogP contribution in [0.2, 0.25) is 5.02 Å². The topological polar surface area (TPSA) is 15.3 Å². The number of nitrogens with one attached hydrogen (secondary N) is 1. The van der Waals surface area contributed by atoms with E-state index in [1.165, 1.54) is 24.8 Å². The zero-order chi connectivity index (χ0) is 13.0. The maximum absolute atomic E-state index is 6.30. The highest BCUT2D eigenvalue weighted by Crippen LogP contribution is 2.29. The van der Waals surface area contributed by atoms with Gasteiger partial charge in [-0.15, -0.1) is 0 Å². The molecule has 0 spiro atoms. The lowest BCUT2D eigenvalue weighted by atomic mass is 10.0. The Morgan fingerprint density at radius 1 is 1.28 bits per heavy atom. The fourth-order valence-electron chi connectivity index (χ4n) is 2.76. The minimum Gasteiger partial charge on any atom is -0.317 e. The first-order valence-corrected chi connectivity index (χ1v) is 7.25. The lowest BCUT2D eigenvalue weighted by molar-refractivity contribution is 0.171. The van der Waals surface area contributed by atoms with Gasteiger partial charge in [0.1, 0.15) is 0 Å². The van der Waals surface area contributed by atoms with Crippen LogP contribution in [0, 0.1) is 0 Å². The molecule has 2 nitrogen and oxygen atoms in total. The van der Waals surface area contributed by atoms with Gasteiger partial charge in [-0.2, -0.15) is 0 Å². The molecule has 2 rings (SSSR count). The van der Waals surface area contributed by atoms with Crippen molar-refractivity contribution in [3.63, 3.8) is 0 Å². The van der Waals surface area contributed by atoms with Gasteiger partial charge < -0.3 is 5.32 Å². The molecule has 0 amide bonds. The third-order valence-corrected chi connectivity index (χ3v) is 4.43. The Bertz CT molecular complexity index is 373. The van der Waals surface area contributed by atoms with Crippen LogP contribution in [0.3, 0.4) is 0 Å². The molecule has 1 fully saturated rings. The van der Waals surface area contributed by atoms with Gasteiger partial charge in [0, 0.05) is 17.1 Å². The number of nitrogens with zero attached hydrogens (tertiary/aromatic N) is 1. The minimum absolute atomic E-state index is 0.377. The molecule has 0 radical (unpaired) electrons. The van der Waals surface area contributed by atoms with Gasteiger partial charge in [0.15, 0.2) is 0 Å². The van der Waals surface area contributed by atoms with Crippen LogP contribution in [-0.2, 0) is 0 Å². The normalized spacial score (nSPS) is 22.8. The van der Waals surface area contributed by atoms with E-state index in [2.05, 4.69) is 36.3 Å².